The number of ether oxygens (including phenoxy) is 2. The summed E-state index contributed by atoms with van der Waals surface area (Å²) in [5.41, 5.74) is 6.76. The van der Waals surface area contributed by atoms with Crippen LogP contribution in [0.3, 0.4) is 0 Å². The third-order valence-electron chi connectivity index (χ3n) is 2.95. The normalized spacial score (nSPS) is 23.7. The lowest BCUT2D eigenvalue weighted by Gasteiger charge is -2.11. The summed E-state index contributed by atoms with van der Waals surface area (Å²) in [6, 6.07) is 0. The zero-order valence-corrected chi connectivity index (χ0v) is 9.06. The van der Waals surface area contributed by atoms with Gasteiger partial charge in [-0.2, -0.15) is 0 Å². The highest BCUT2D eigenvalue weighted by atomic mass is 16.5. The number of rotatable bonds is 4. The molecular weight excluding hydrogens is 192 g/mol. The number of nitrogens with two attached hydrogens (primary N) is 1. The average molecular weight is 208 g/mol. The molecule has 1 aromatic heterocycles. The molecule has 2 N–H and O–H groups in total. The Hall–Kier alpha value is -1.29. The van der Waals surface area contributed by atoms with Crippen molar-refractivity contribution in [1.82, 2.24) is 4.98 Å². The quantitative estimate of drug-likeness (QED) is 0.806. The van der Waals surface area contributed by atoms with Gasteiger partial charge in [-0.15, -0.1) is 0 Å². The zero-order chi connectivity index (χ0) is 10.8. The van der Waals surface area contributed by atoms with Crippen LogP contribution in [0, 0.1) is 5.92 Å². The lowest BCUT2D eigenvalue weighted by molar-refractivity contribution is 0.381. The molecule has 0 aromatic carbocycles. The number of pyridine rings is 1. The van der Waals surface area contributed by atoms with Crippen LogP contribution in [0.4, 0.5) is 0 Å². The molecule has 2 unspecified atom stereocenters. The van der Waals surface area contributed by atoms with Gasteiger partial charge in [-0.3, -0.25) is 4.98 Å². The molecule has 1 saturated carbocycles. The summed E-state index contributed by atoms with van der Waals surface area (Å²) < 4.78 is 10.6. The Morgan fingerprint density at radius 3 is 2.33 bits per heavy atom. The van der Waals surface area contributed by atoms with Crippen molar-refractivity contribution in [3.63, 3.8) is 0 Å². The standard InChI is InChI=1S/C11H16N2O2/c1-14-9-5-13-6-10(15-2)11(9)8-3-7(8)4-12/h5-8H,3-4,12H2,1-2H3. The molecule has 0 bridgehead atoms. The van der Waals surface area contributed by atoms with Gasteiger partial charge in [-0.25, -0.2) is 0 Å². The molecule has 0 spiro atoms. The van der Waals surface area contributed by atoms with Crippen molar-refractivity contribution >= 4 is 0 Å². The molecule has 4 nitrogen and oxygen atoms in total. The SMILES string of the molecule is COc1cncc(OC)c1C1CC1CN. The maximum Gasteiger partial charge on any atom is 0.144 e. The van der Waals surface area contributed by atoms with E-state index in [-0.39, 0.29) is 0 Å². The van der Waals surface area contributed by atoms with Crippen molar-refractivity contribution < 1.29 is 9.47 Å². The van der Waals surface area contributed by atoms with E-state index in [0.29, 0.717) is 11.8 Å². The van der Waals surface area contributed by atoms with Crippen molar-refractivity contribution in [3.05, 3.63) is 18.0 Å². The molecule has 2 rings (SSSR count). The van der Waals surface area contributed by atoms with Crippen molar-refractivity contribution in [2.45, 2.75) is 12.3 Å². The Morgan fingerprint density at radius 1 is 1.33 bits per heavy atom. The van der Waals surface area contributed by atoms with E-state index in [1.165, 1.54) is 0 Å². The summed E-state index contributed by atoms with van der Waals surface area (Å²) >= 11 is 0. The van der Waals surface area contributed by atoms with Gasteiger partial charge < -0.3 is 15.2 Å². The second kappa shape index (κ2) is 4.06. The lowest BCUT2D eigenvalue weighted by Crippen LogP contribution is -2.04. The first-order chi connectivity index (χ1) is 7.31. The topological polar surface area (TPSA) is 57.4 Å². The fraction of sp³-hybridized carbons (Fsp3) is 0.545. The first-order valence-electron chi connectivity index (χ1n) is 5.07. The summed E-state index contributed by atoms with van der Waals surface area (Å²) in [7, 11) is 3.31. The molecule has 0 saturated heterocycles. The van der Waals surface area contributed by atoms with Gasteiger partial charge in [-0.05, 0) is 24.8 Å². The van der Waals surface area contributed by atoms with Gasteiger partial charge in [-0.1, -0.05) is 0 Å². The molecule has 1 aliphatic rings. The molecule has 1 heterocycles. The second-order valence-corrected chi connectivity index (χ2v) is 3.80. The summed E-state index contributed by atoms with van der Waals surface area (Å²) in [6.07, 6.45) is 4.57. The predicted molar refractivity (Wildman–Crippen MR) is 57.2 cm³/mol. The van der Waals surface area contributed by atoms with Crippen LogP contribution >= 0.6 is 0 Å². The molecule has 15 heavy (non-hydrogen) atoms. The van der Waals surface area contributed by atoms with Gasteiger partial charge in [0, 0.05) is 5.56 Å². The van der Waals surface area contributed by atoms with E-state index < -0.39 is 0 Å². The van der Waals surface area contributed by atoms with Crippen LogP contribution in [0.2, 0.25) is 0 Å². The van der Waals surface area contributed by atoms with Crippen LogP contribution in [0.5, 0.6) is 11.5 Å². The highest BCUT2D eigenvalue weighted by Gasteiger charge is 2.40. The van der Waals surface area contributed by atoms with E-state index in [0.717, 1.165) is 30.0 Å². The van der Waals surface area contributed by atoms with Gasteiger partial charge in [0.15, 0.2) is 0 Å². The maximum absolute atomic E-state index is 5.65. The van der Waals surface area contributed by atoms with Crippen LogP contribution in [-0.2, 0) is 0 Å². The van der Waals surface area contributed by atoms with Crippen molar-refractivity contribution in [2.24, 2.45) is 11.7 Å². The molecule has 0 radical (unpaired) electrons. The molecule has 0 aliphatic heterocycles. The zero-order valence-electron chi connectivity index (χ0n) is 9.06. The molecule has 82 valence electrons. The molecule has 1 aromatic rings. The van der Waals surface area contributed by atoms with Gasteiger partial charge >= 0.3 is 0 Å². The van der Waals surface area contributed by atoms with E-state index in [1.807, 2.05) is 0 Å². The Labute approximate surface area is 89.4 Å². The van der Waals surface area contributed by atoms with E-state index in [1.54, 1.807) is 26.6 Å². The highest BCUT2D eigenvalue weighted by molar-refractivity contribution is 5.47. The van der Waals surface area contributed by atoms with Crippen LogP contribution in [-0.4, -0.2) is 25.7 Å². The molecule has 1 fully saturated rings. The fourth-order valence-electron chi connectivity index (χ4n) is 1.99. The Bertz CT molecular complexity index is 332. The minimum absolute atomic E-state index is 0.475. The van der Waals surface area contributed by atoms with Gasteiger partial charge in [0.1, 0.15) is 11.5 Å². The Morgan fingerprint density at radius 2 is 1.93 bits per heavy atom. The van der Waals surface area contributed by atoms with Crippen molar-refractivity contribution in [3.8, 4) is 11.5 Å². The minimum atomic E-state index is 0.475. The summed E-state index contributed by atoms with van der Waals surface area (Å²) in [4.78, 5) is 4.07. The number of hydrogen-bond acceptors (Lipinski definition) is 4. The molecule has 1 aliphatic carbocycles. The van der Waals surface area contributed by atoms with Gasteiger partial charge in [0.2, 0.25) is 0 Å². The summed E-state index contributed by atoms with van der Waals surface area (Å²) in [5.74, 6) is 2.64. The summed E-state index contributed by atoms with van der Waals surface area (Å²) in [6.45, 7) is 0.722. The van der Waals surface area contributed by atoms with E-state index in [2.05, 4.69) is 4.98 Å². The van der Waals surface area contributed by atoms with E-state index in [9.17, 15) is 0 Å². The molecule has 4 heteroatoms. The molecular formula is C11H16N2O2. The van der Waals surface area contributed by atoms with Crippen molar-refractivity contribution in [2.75, 3.05) is 20.8 Å². The number of hydrogen-bond donors (Lipinski definition) is 1. The smallest absolute Gasteiger partial charge is 0.144 e. The third kappa shape index (κ3) is 1.77. The first-order valence-corrected chi connectivity index (χ1v) is 5.07. The van der Waals surface area contributed by atoms with E-state index in [4.69, 9.17) is 15.2 Å². The summed E-state index contributed by atoms with van der Waals surface area (Å²) in [5, 5.41) is 0. The van der Waals surface area contributed by atoms with E-state index >= 15 is 0 Å². The van der Waals surface area contributed by atoms with Gasteiger partial charge in [0.25, 0.3) is 0 Å². The average Bonchev–Trinajstić information content (AvgIpc) is 3.06. The largest absolute Gasteiger partial charge is 0.495 e. The van der Waals surface area contributed by atoms with Crippen LogP contribution in [0.15, 0.2) is 12.4 Å². The van der Waals surface area contributed by atoms with Crippen molar-refractivity contribution in [1.29, 1.82) is 0 Å². The Kier molecular flexibility index (Phi) is 2.77. The van der Waals surface area contributed by atoms with Crippen LogP contribution < -0.4 is 15.2 Å². The molecule has 0 amide bonds. The predicted octanol–water partition coefficient (Wildman–Crippen LogP) is 1.16. The minimum Gasteiger partial charge on any atom is -0.495 e. The number of nitrogens with zero attached hydrogens (tertiary/aromatic N) is 1. The highest BCUT2D eigenvalue weighted by Crippen LogP contribution is 2.52. The third-order valence-corrected chi connectivity index (χ3v) is 2.95. The number of aromatic nitrogens is 1. The number of methoxy groups -OCH3 is 2. The lowest BCUT2D eigenvalue weighted by atomic mass is 10.1. The maximum atomic E-state index is 5.65. The van der Waals surface area contributed by atoms with Gasteiger partial charge in [0.05, 0.1) is 26.6 Å². The Balaban J connectivity index is 2.34. The second-order valence-electron chi connectivity index (χ2n) is 3.80. The molecule has 2 atom stereocenters. The van der Waals surface area contributed by atoms with Crippen LogP contribution in [0.1, 0.15) is 17.9 Å². The fourth-order valence-corrected chi connectivity index (χ4v) is 1.99. The first kappa shape index (κ1) is 10.2. The monoisotopic (exact) mass is 208 g/mol. The van der Waals surface area contributed by atoms with Crippen LogP contribution in [0.25, 0.3) is 0 Å².